The van der Waals surface area contributed by atoms with Gasteiger partial charge in [0.15, 0.2) is 4.98 Å². The zero-order chi connectivity index (χ0) is 12.7. The molecule has 2 N–H and O–H groups in total. The Morgan fingerprint density at radius 3 is 1.72 bits per heavy atom. The average molecular weight is 262 g/mol. The Hall–Kier alpha value is -2.05. The highest BCUT2D eigenvalue weighted by atomic mass is 35.5. The fraction of sp³-hybridized carbons (Fsp3) is 0.143. The van der Waals surface area contributed by atoms with Crippen LogP contribution in [0.5, 0.6) is 0 Å². The van der Waals surface area contributed by atoms with E-state index in [9.17, 15) is 0 Å². The fourth-order valence-corrected chi connectivity index (χ4v) is 1.26. The lowest BCUT2D eigenvalue weighted by molar-refractivity contribution is -0.00000385. The van der Waals surface area contributed by atoms with Gasteiger partial charge in [-0.1, -0.05) is 36.4 Å². The SMILES string of the molecule is Cc1ccccc1N.Cc1ccccc1[N+]#N.[Cl-]. The van der Waals surface area contributed by atoms with Gasteiger partial charge in [-0.05, 0) is 25.5 Å². The van der Waals surface area contributed by atoms with Crippen LogP contribution in [0.3, 0.4) is 0 Å². The molecule has 0 aromatic heterocycles. The maximum absolute atomic E-state index is 8.34. The Labute approximate surface area is 114 Å². The number of para-hydroxylation sites is 1. The summed E-state index contributed by atoms with van der Waals surface area (Å²) in [7, 11) is 0. The highest BCUT2D eigenvalue weighted by molar-refractivity contribution is 5.50. The predicted molar refractivity (Wildman–Crippen MR) is 71.5 cm³/mol. The van der Waals surface area contributed by atoms with Crippen LogP contribution in [0.25, 0.3) is 4.98 Å². The van der Waals surface area contributed by atoms with E-state index < -0.39 is 0 Å². The van der Waals surface area contributed by atoms with Crippen LogP contribution >= 0.6 is 0 Å². The minimum absolute atomic E-state index is 0. The smallest absolute Gasteiger partial charge is 0.387 e. The van der Waals surface area contributed by atoms with Gasteiger partial charge in [-0.3, -0.25) is 0 Å². The molecule has 0 amide bonds. The lowest BCUT2D eigenvalue weighted by atomic mass is 10.2. The summed E-state index contributed by atoms with van der Waals surface area (Å²) < 4.78 is 0. The third kappa shape index (κ3) is 4.86. The van der Waals surface area contributed by atoms with Crippen molar-refractivity contribution >= 4 is 11.4 Å². The number of hydrogen-bond donors (Lipinski definition) is 1. The first-order valence-corrected chi connectivity index (χ1v) is 5.37. The lowest BCUT2D eigenvalue weighted by Crippen LogP contribution is -3.00. The maximum atomic E-state index is 8.34. The number of halogens is 1. The third-order valence-electron chi connectivity index (χ3n) is 2.41. The first kappa shape index (κ1) is 16.0. The molecular weight excluding hydrogens is 246 g/mol. The zero-order valence-electron chi connectivity index (χ0n) is 10.5. The zero-order valence-corrected chi connectivity index (χ0v) is 11.2. The second-order valence-corrected chi connectivity index (χ2v) is 3.74. The molecule has 0 aliphatic rings. The van der Waals surface area contributed by atoms with E-state index in [4.69, 9.17) is 11.1 Å². The number of anilines is 1. The van der Waals surface area contributed by atoms with E-state index in [1.54, 1.807) is 6.07 Å². The molecule has 0 radical (unpaired) electrons. The number of nitrogens with two attached hydrogens (primary N) is 1. The van der Waals surface area contributed by atoms with Crippen molar-refractivity contribution < 1.29 is 12.4 Å². The molecule has 2 rings (SSSR count). The van der Waals surface area contributed by atoms with E-state index in [0.717, 1.165) is 16.8 Å². The monoisotopic (exact) mass is 261 g/mol. The van der Waals surface area contributed by atoms with Crippen molar-refractivity contribution in [2.45, 2.75) is 13.8 Å². The molecule has 18 heavy (non-hydrogen) atoms. The number of nitrogens with zero attached hydrogens (tertiary/aromatic N) is 2. The largest absolute Gasteiger partial charge is 1.00 e. The first-order chi connectivity index (χ1) is 8.15. The number of rotatable bonds is 0. The standard InChI is InChI=1S/C7H7N2.C7H9N.ClH/c1-6-4-2-3-5-7(6)9-8;1-6-4-2-3-5-7(6)8;/h2-5H,1H3;2-5H,8H2,1H3;1H/q+1;;/p-1. The molecule has 0 saturated heterocycles. The topological polar surface area (TPSA) is 54.2 Å². The van der Waals surface area contributed by atoms with Gasteiger partial charge in [-0.25, -0.2) is 0 Å². The van der Waals surface area contributed by atoms with Crippen LogP contribution in [0.2, 0.25) is 0 Å². The van der Waals surface area contributed by atoms with Crippen LogP contribution in [-0.4, -0.2) is 0 Å². The van der Waals surface area contributed by atoms with Crippen molar-refractivity contribution in [1.82, 2.24) is 0 Å². The molecule has 94 valence electrons. The first-order valence-electron chi connectivity index (χ1n) is 5.37. The van der Waals surface area contributed by atoms with E-state index in [1.165, 1.54) is 0 Å². The molecule has 0 saturated carbocycles. The minimum atomic E-state index is 0. The number of hydrogen-bond acceptors (Lipinski definition) is 2. The Kier molecular flexibility index (Phi) is 7.18. The van der Waals surface area contributed by atoms with Crippen LogP contribution < -0.4 is 18.1 Å². The Bertz CT molecular complexity index is 512. The van der Waals surface area contributed by atoms with Crippen LogP contribution in [0.1, 0.15) is 11.1 Å². The van der Waals surface area contributed by atoms with Crippen molar-refractivity contribution in [2.75, 3.05) is 5.73 Å². The van der Waals surface area contributed by atoms with Gasteiger partial charge in [0.1, 0.15) is 0 Å². The van der Waals surface area contributed by atoms with Gasteiger partial charge in [0, 0.05) is 17.3 Å². The van der Waals surface area contributed by atoms with Gasteiger partial charge >= 0.3 is 5.69 Å². The molecule has 0 fully saturated rings. The maximum Gasteiger partial charge on any atom is 0.387 e. The predicted octanol–water partition coefficient (Wildman–Crippen LogP) is 1.06. The molecule has 0 aliphatic heterocycles. The summed E-state index contributed by atoms with van der Waals surface area (Å²) in [5, 5.41) is 8.34. The van der Waals surface area contributed by atoms with Gasteiger partial charge in [0.25, 0.3) is 0 Å². The van der Waals surface area contributed by atoms with Gasteiger partial charge in [-0.2, -0.15) is 0 Å². The molecule has 2 aromatic rings. The van der Waals surface area contributed by atoms with Gasteiger partial charge in [-0.15, -0.1) is 0 Å². The molecule has 0 aliphatic carbocycles. The van der Waals surface area contributed by atoms with Crippen LogP contribution in [0.15, 0.2) is 48.5 Å². The Morgan fingerprint density at radius 2 is 1.39 bits per heavy atom. The van der Waals surface area contributed by atoms with Crippen LogP contribution in [-0.2, 0) is 0 Å². The molecule has 0 heterocycles. The van der Waals surface area contributed by atoms with Crippen molar-refractivity contribution in [3.05, 3.63) is 64.6 Å². The van der Waals surface area contributed by atoms with E-state index >= 15 is 0 Å². The summed E-state index contributed by atoms with van der Waals surface area (Å²) in [5.41, 5.74) is 9.16. The fourth-order valence-electron chi connectivity index (χ4n) is 1.26. The van der Waals surface area contributed by atoms with Crippen molar-refractivity contribution in [3.8, 4) is 0 Å². The lowest BCUT2D eigenvalue weighted by Gasteiger charge is -1.93. The second kappa shape index (κ2) is 8.10. The normalized spacial score (nSPS) is 8.28. The summed E-state index contributed by atoms with van der Waals surface area (Å²) in [5.74, 6) is 0. The van der Waals surface area contributed by atoms with Gasteiger partial charge in [0.05, 0.1) is 0 Å². The van der Waals surface area contributed by atoms with Crippen molar-refractivity contribution in [3.63, 3.8) is 0 Å². The molecule has 3 nitrogen and oxygen atoms in total. The summed E-state index contributed by atoms with van der Waals surface area (Å²) >= 11 is 0. The highest BCUT2D eigenvalue weighted by Gasteiger charge is 2.04. The molecular formula is C14H16ClN3. The molecule has 2 aromatic carbocycles. The van der Waals surface area contributed by atoms with E-state index in [0.29, 0.717) is 5.69 Å². The van der Waals surface area contributed by atoms with E-state index in [-0.39, 0.29) is 12.4 Å². The number of nitrogen functional groups attached to an aromatic ring is 1. The highest BCUT2D eigenvalue weighted by Crippen LogP contribution is 2.15. The molecule has 0 spiro atoms. The summed E-state index contributed by atoms with van der Waals surface area (Å²) in [6.07, 6.45) is 0. The number of benzene rings is 2. The van der Waals surface area contributed by atoms with Gasteiger partial charge < -0.3 is 18.1 Å². The molecule has 0 bridgehead atoms. The Balaban J connectivity index is 0.000000306. The van der Waals surface area contributed by atoms with E-state index in [2.05, 4.69) is 4.98 Å². The average Bonchev–Trinajstić information content (AvgIpc) is 2.34. The minimum Gasteiger partial charge on any atom is -1.00 e. The molecule has 4 heteroatoms. The van der Waals surface area contributed by atoms with Crippen LogP contribution in [0.4, 0.5) is 11.4 Å². The molecule has 0 atom stereocenters. The summed E-state index contributed by atoms with van der Waals surface area (Å²) in [4.78, 5) is 3.07. The van der Waals surface area contributed by atoms with Crippen molar-refractivity contribution in [2.24, 2.45) is 0 Å². The quantitative estimate of drug-likeness (QED) is 0.570. The Morgan fingerprint density at radius 1 is 0.889 bits per heavy atom. The summed E-state index contributed by atoms with van der Waals surface area (Å²) in [6, 6.07) is 15.2. The second-order valence-electron chi connectivity index (χ2n) is 3.74. The summed E-state index contributed by atoms with van der Waals surface area (Å²) in [6.45, 7) is 3.89. The number of diazo groups is 1. The third-order valence-corrected chi connectivity index (χ3v) is 2.41. The van der Waals surface area contributed by atoms with Gasteiger partial charge in [0.2, 0.25) is 5.39 Å². The molecule has 0 unspecified atom stereocenters. The van der Waals surface area contributed by atoms with Crippen molar-refractivity contribution in [1.29, 1.82) is 5.39 Å². The number of aryl methyl sites for hydroxylation is 2. The van der Waals surface area contributed by atoms with E-state index in [1.807, 2.05) is 56.3 Å². The van der Waals surface area contributed by atoms with Crippen LogP contribution in [0, 0.1) is 19.2 Å².